The van der Waals surface area contributed by atoms with Gasteiger partial charge in [-0.2, -0.15) is 5.26 Å². The average Bonchev–Trinajstić information content (AvgIpc) is 3.33. The lowest BCUT2D eigenvalue weighted by molar-refractivity contribution is 0.111. The molecule has 29 heavy (non-hydrogen) atoms. The monoisotopic (exact) mass is 431 g/mol. The summed E-state index contributed by atoms with van der Waals surface area (Å²) in [6.07, 6.45) is 6.33. The lowest BCUT2D eigenvalue weighted by Gasteiger charge is -2.26. The van der Waals surface area contributed by atoms with Gasteiger partial charge in [-0.15, -0.1) is 11.3 Å². The minimum absolute atomic E-state index is 0.511. The molecule has 1 aromatic heterocycles. The van der Waals surface area contributed by atoms with Crippen LogP contribution in [-0.2, 0) is 0 Å². The smallest absolute Gasteiger partial charge is 0.190 e. The van der Waals surface area contributed by atoms with E-state index in [9.17, 15) is 4.79 Å². The largest absolute Gasteiger partial charge is 0.318 e. The van der Waals surface area contributed by atoms with Crippen LogP contribution in [0.1, 0.15) is 40.2 Å². The lowest BCUT2D eigenvalue weighted by atomic mass is 10.1. The first-order chi connectivity index (χ1) is 14.0. The Hall–Kier alpha value is -1.92. The summed E-state index contributed by atoms with van der Waals surface area (Å²) in [6, 6.07) is 10.3. The molecule has 1 aliphatic heterocycles. The van der Waals surface area contributed by atoms with E-state index in [-0.39, 0.29) is 0 Å². The van der Waals surface area contributed by atoms with Gasteiger partial charge in [0.2, 0.25) is 0 Å². The summed E-state index contributed by atoms with van der Waals surface area (Å²) in [5.74, 6) is 0. The summed E-state index contributed by atoms with van der Waals surface area (Å²) >= 11 is 3.15. The number of thiazole rings is 1. The molecule has 0 saturated carbocycles. The van der Waals surface area contributed by atoms with Gasteiger partial charge < -0.3 is 9.80 Å². The van der Waals surface area contributed by atoms with Crippen LogP contribution >= 0.6 is 23.3 Å². The third kappa shape index (κ3) is 6.54. The summed E-state index contributed by atoms with van der Waals surface area (Å²) < 4.78 is 2.85. The molecule has 1 saturated heterocycles. The van der Waals surface area contributed by atoms with Crippen LogP contribution in [0.2, 0.25) is 0 Å². The number of aryl methyl sites for hydroxylation is 1. The van der Waals surface area contributed by atoms with Crippen LogP contribution in [0.25, 0.3) is 0 Å². The Morgan fingerprint density at radius 2 is 2.14 bits per heavy atom. The van der Waals surface area contributed by atoms with E-state index in [1.807, 2.05) is 44.5 Å². The Balaban J connectivity index is 0.000000687. The summed E-state index contributed by atoms with van der Waals surface area (Å²) in [5, 5.41) is 9.85. The maximum atomic E-state index is 11.2. The molecular weight excluding hydrogens is 402 g/mol. The molecule has 1 fully saturated rings. The van der Waals surface area contributed by atoms with Gasteiger partial charge in [0.15, 0.2) is 11.4 Å². The number of aromatic nitrogens is 1. The van der Waals surface area contributed by atoms with Crippen LogP contribution in [0.3, 0.4) is 0 Å². The second-order valence-corrected chi connectivity index (χ2v) is 8.84. The fourth-order valence-electron chi connectivity index (χ4n) is 3.29. The Kier molecular flexibility index (Phi) is 9.61. The molecule has 2 aromatic rings. The van der Waals surface area contributed by atoms with E-state index in [2.05, 4.69) is 32.6 Å². The third-order valence-electron chi connectivity index (χ3n) is 5.03. The predicted octanol–water partition coefficient (Wildman–Crippen LogP) is 4.24. The van der Waals surface area contributed by atoms with Crippen molar-refractivity contribution in [1.82, 2.24) is 14.6 Å². The minimum Gasteiger partial charge on any atom is -0.318 e. The van der Waals surface area contributed by atoms with Gasteiger partial charge in [0, 0.05) is 23.2 Å². The van der Waals surface area contributed by atoms with E-state index in [1.165, 1.54) is 12.8 Å². The van der Waals surface area contributed by atoms with Crippen LogP contribution in [-0.4, -0.2) is 55.7 Å². The van der Waals surface area contributed by atoms with E-state index < -0.39 is 0 Å². The number of hydrogen-bond donors (Lipinski definition) is 1. The zero-order valence-corrected chi connectivity index (χ0v) is 19.1. The molecular formula is C21H29N5OS2. The Morgan fingerprint density at radius 1 is 1.45 bits per heavy atom. The second-order valence-electron chi connectivity index (χ2n) is 6.84. The molecule has 1 atom stereocenters. The van der Waals surface area contributed by atoms with E-state index in [4.69, 9.17) is 5.26 Å². The maximum absolute atomic E-state index is 11.2. The van der Waals surface area contributed by atoms with Gasteiger partial charge >= 0.3 is 0 Å². The number of benzene rings is 1. The van der Waals surface area contributed by atoms with Crippen molar-refractivity contribution < 1.29 is 4.79 Å². The van der Waals surface area contributed by atoms with Crippen LogP contribution in [0, 0.1) is 18.3 Å². The molecule has 6 nitrogen and oxygen atoms in total. The Bertz CT molecular complexity index is 813. The molecule has 0 aliphatic carbocycles. The molecule has 8 heteroatoms. The highest BCUT2D eigenvalue weighted by Gasteiger charge is 2.23. The van der Waals surface area contributed by atoms with Gasteiger partial charge in [-0.1, -0.05) is 11.9 Å². The molecule has 2 heterocycles. The average molecular weight is 432 g/mol. The van der Waals surface area contributed by atoms with Crippen molar-refractivity contribution in [2.75, 3.05) is 38.3 Å². The van der Waals surface area contributed by atoms with Gasteiger partial charge in [0.25, 0.3) is 0 Å². The number of likely N-dealkylation sites (tertiary alicyclic amines) is 1. The summed E-state index contributed by atoms with van der Waals surface area (Å²) in [6.45, 7) is 3.92. The number of carbonyl (C=O) groups is 1. The number of nitrogens with zero attached hydrogens (tertiary/aromatic N) is 4. The van der Waals surface area contributed by atoms with Crippen LogP contribution in [0.15, 0.2) is 24.3 Å². The summed E-state index contributed by atoms with van der Waals surface area (Å²) in [7, 11) is 4.08. The van der Waals surface area contributed by atoms with Gasteiger partial charge in [0.05, 0.1) is 11.6 Å². The lowest BCUT2D eigenvalue weighted by Crippen LogP contribution is -2.30. The molecule has 0 radical (unpaired) electrons. The van der Waals surface area contributed by atoms with Crippen molar-refractivity contribution in [3.05, 3.63) is 40.4 Å². The highest BCUT2D eigenvalue weighted by Crippen LogP contribution is 2.32. The van der Waals surface area contributed by atoms with Crippen LogP contribution < -0.4 is 9.62 Å². The van der Waals surface area contributed by atoms with Gasteiger partial charge in [-0.05, 0) is 77.3 Å². The number of carbonyl (C=O) groups excluding carboxylic acids is 1. The quantitative estimate of drug-likeness (QED) is 0.519. The van der Waals surface area contributed by atoms with E-state index in [1.54, 1.807) is 23.3 Å². The van der Waals surface area contributed by atoms with Crippen LogP contribution in [0.4, 0.5) is 10.8 Å². The fraction of sp³-hybridized carbons (Fsp3) is 0.476. The zero-order valence-electron chi connectivity index (χ0n) is 17.5. The van der Waals surface area contributed by atoms with Crippen molar-refractivity contribution >= 4 is 40.4 Å². The van der Waals surface area contributed by atoms with Crippen molar-refractivity contribution in [1.29, 1.82) is 5.26 Å². The minimum atomic E-state index is 0.511. The van der Waals surface area contributed by atoms with E-state index in [0.29, 0.717) is 17.3 Å². The standard InChI is InChI=1S/C19H22N4OS.C2H7NS/c1-14-18(13-24)21-19(25-14)23(11-9-16-4-3-10-22(16)2)17-7-5-15(12-20)6-8-17;1-3-4-2/h5-8,13,16H,3-4,9-11H2,1-2H3;3H,1-2H3. The van der Waals surface area contributed by atoms with Crippen molar-refractivity contribution in [2.24, 2.45) is 0 Å². The van der Waals surface area contributed by atoms with E-state index in [0.717, 1.165) is 41.5 Å². The zero-order chi connectivity index (χ0) is 21.2. The molecule has 1 aromatic carbocycles. The van der Waals surface area contributed by atoms with Crippen molar-refractivity contribution in [3.63, 3.8) is 0 Å². The summed E-state index contributed by atoms with van der Waals surface area (Å²) in [5.41, 5.74) is 2.16. The highest BCUT2D eigenvalue weighted by molar-refractivity contribution is 7.96. The number of aldehydes is 1. The first-order valence-electron chi connectivity index (χ1n) is 9.64. The number of hydrogen-bond acceptors (Lipinski definition) is 8. The topological polar surface area (TPSA) is 72.3 Å². The molecule has 0 amide bonds. The Morgan fingerprint density at radius 3 is 2.62 bits per heavy atom. The molecule has 156 valence electrons. The second kappa shape index (κ2) is 11.9. The van der Waals surface area contributed by atoms with Gasteiger partial charge in [-0.3, -0.25) is 9.52 Å². The maximum Gasteiger partial charge on any atom is 0.190 e. The van der Waals surface area contributed by atoms with Crippen molar-refractivity contribution in [2.45, 2.75) is 32.2 Å². The van der Waals surface area contributed by atoms with Gasteiger partial charge in [0.1, 0.15) is 5.69 Å². The fourth-order valence-corrected chi connectivity index (χ4v) is 4.21. The van der Waals surface area contributed by atoms with E-state index >= 15 is 0 Å². The number of nitriles is 1. The molecule has 1 N–H and O–H groups in total. The Labute approximate surface area is 182 Å². The molecule has 3 rings (SSSR count). The first kappa shape index (κ1) is 23.4. The highest BCUT2D eigenvalue weighted by atomic mass is 32.2. The van der Waals surface area contributed by atoms with Crippen molar-refractivity contribution in [3.8, 4) is 6.07 Å². The first-order valence-corrected chi connectivity index (χ1v) is 11.7. The summed E-state index contributed by atoms with van der Waals surface area (Å²) in [4.78, 5) is 21.2. The number of nitrogens with one attached hydrogen (secondary N) is 1. The SMILES string of the molecule is CNSC.Cc1sc(N(CCC2CCCN2C)c2ccc(C#N)cc2)nc1C=O. The van der Waals surface area contributed by atoms with Gasteiger partial charge in [-0.25, -0.2) is 4.98 Å². The molecule has 0 spiro atoms. The molecule has 1 aliphatic rings. The normalized spacial score (nSPS) is 16.0. The molecule has 1 unspecified atom stereocenters. The third-order valence-corrected chi connectivity index (χ3v) is 6.45. The van der Waals surface area contributed by atoms with Crippen LogP contribution in [0.5, 0.6) is 0 Å². The molecule has 0 bridgehead atoms. The predicted molar refractivity (Wildman–Crippen MR) is 123 cm³/mol. The number of anilines is 2. The number of rotatable bonds is 7.